The highest BCUT2D eigenvalue weighted by Gasteiger charge is 2.34. The molecule has 0 amide bonds. The fourth-order valence-electron chi connectivity index (χ4n) is 2.56. The number of benzene rings is 2. The number of aromatic carboxylic acids is 1. The van der Waals surface area contributed by atoms with E-state index in [2.05, 4.69) is 4.98 Å². The van der Waals surface area contributed by atoms with Gasteiger partial charge in [-0.05, 0) is 54.6 Å². The van der Waals surface area contributed by atoms with Gasteiger partial charge >= 0.3 is 12.1 Å². The van der Waals surface area contributed by atoms with E-state index in [1.807, 2.05) is 0 Å². The van der Waals surface area contributed by atoms with Gasteiger partial charge in [0.05, 0.1) is 26.7 Å². The van der Waals surface area contributed by atoms with E-state index in [0.29, 0.717) is 21.6 Å². The van der Waals surface area contributed by atoms with Gasteiger partial charge in [0.2, 0.25) is 0 Å². The highest BCUT2D eigenvalue weighted by Crippen LogP contribution is 2.39. The van der Waals surface area contributed by atoms with Crippen LogP contribution < -0.4 is 4.31 Å². The van der Waals surface area contributed by atoms with E-state index in [0.717, 1.165) is 24.3 Å². The molecule has 3 aromatic rings. The van der Waals surface area contributed by atoms with Gasteiger partial charge in [-0.2, -0.15) is 13.2 Å². The summed E-state index contributed by atoms with van der Waals surface area (Å²) in [4.78, 5) is 14.4. The zero-order valence-corrected chi connectivity index (χ0v) is 17.5. The van der Waals surface area contributed by atoms with Crippen LogP contribution in [0.3, 0.4) is 0 Å². The van der Waals surface area contributed by atoms with Crippen LogP contribution in [0.15, 0.2) is 65.7 Å². The molecule has 1 aromatic heterocycles. The number of halogens is 5. The van der Waals surface area contributed by atoms with Crippen molar-refractivity contribution in [1.29, 1.82) is 0 Å². The van der Waals surface area contributed by atoms with Crippen LogP contribution in [-0.4, -0.2) is 24.5 Å². The third-order valence-electron chi connectivity index (χ3n) is 4.04. The van der Waals surface area contributed by atoms with Crippen molar-refractivity contribution in [2.24, 2.45) is 0 Å². The molecule has 3 rings (SSSR count). The molecule has 2 aromatic carbocycles. The highest BCUT2D eigenvalue weighted by atomic mass is 35.5. The monoisotopic (exact) mass is 490 g/mol. The zero-order valence-electron chi connectivity index (χ0n) is 15.1. The molecule has 0 atom stereocenters. The minimum atomic E-state index is -4.73. The Hall–Kier alpha value is -2.82. The van der Waals surface area contributed by atoms with Crippen molar-refractivity contribution in [2.75, 3.05) is 4.31 Å². The van der Waals surface area contributed by atoms with Gasteiger partial charge in [0.25, 0.3) is 10.0 Å². The molecule has 0 fully saturated rings. The van der Waals surface area contributed by atoms with Crippen LogP contribution in [0.4, 0.5) is 24.7 Å². The molecule has 0 spiro atoms. The zero-order chi connectivity index (χ0) is 23.0. The van der Waals surface area contributed by atoms with Gasteiger partial charge in [-0.1, -0.05) is 23.2 Å². The van der Waals surface area contributed by atoms with Crippen molar-refractivity contribution < 1.29 is 31.5 Å². The molecule has 0 saturated heterocycles. The van der Waals surface area contributed by atoms with Gasteiger partial charge < -0.3 is 5.11 Å². The number of anilines is 2. The second-order valence-electron chi connectivity index (χ2n) is 6.10. The number of hydrogen-bond donors (Lipinski definition) is 1. The summed E-state index contributed by atoms with van der Waals surface area (Å²) in [6, 6.07) is 10.2. The van der Waals surface area contributed by atoms with Gasteiger partial charge in [-0.25, -0.2) is 22.5 Å². The fraction of sp³-hybridized carbons (Fsp3) is 0.0526. The molecule has 0 aliphatic carbocycles. The van der Waals surface area contributed by atoms with Gasteiger partial charge in [-0.3, -0.25) is 0 Å². The number of hydrogen-bond acceptors (Lipinski definition) is 4. The topological polar surface area (TPSA) is 87.6 Å². The molecule has 0 aliphatic heterocycles. The third-order valence-corrected chi connectivity index (χ3v) is 6.30. The molecule has 6 nitrogen and oxygen atoms in total. The number of aromatic nitrogens is 1. The average molecular weight is 491 g/mol. The standard InChI is InChI=1S/C19H11Cl2F3N2O4S/c20-13-3-5-14(6-4-13)26(17-16(21)9-12(10-25-17)19(22,23)24)31(29,30)15-7-1-11(2-8-15)18(27)28/h1-10H,(H,27,28). The summed E-state index contributed by atoms with van der Waals surface area (Å²) in [6.45, 7) is 0. The first-order valence-corrected chi connectivity index (χ1v) is 10.5. The molecule has 0 unspecified atom stereocenters. The van der Waals surface area contributed by atoms with E-state index in [1.165, 1.54) is 24.3 Å². The largest absolute Gasteiger partial charge is 0.478 e. The molecule has 1 N–H and O–H groups in total. The molecule has 0 radical (unpaired) electrons. The summed E-state index contributed by atoms with van der Waals surface area (Å²) < 4.78 is 66.3. The van der Waals surface area contributed by atoms with E-state index < -0.39 is 38.6 Å². The predicted molar refractivity (Wildman–Crippen MR) is 108 cm³/mol. The SMILES string of the molecule is O=C(O)c1ccc(S(=O)(=O)N(c2ccc(Cl)cc2)c2ncc(C(F)(F)F)cc2Cl)cc1. The Labute approximate surface area is 184 Å². The summed E-state index contributed by atoms with van der Waals surface area (Å²) >= 11 is 11.9. The summed E-state index contributed by atoms with van der Waals surface area (Å²) in [5, 5.41) is 8.74. The predicted octanol–water partition coefficient (Wildman–Crippen LogP) is 5.63. The van der Waals surface area contributed by atoms with E-state index in [-0.39, 0.29) is 16.1 Å². The molecular weight excluding hydrogens is 480 g/mol. The number of alkyl halides is 3. The first kappa shape index (κ1) is 22.9. The number of sulfonamides is 1. The molecule has 0 aliphatic rings. The van der Waals surface area contributed by atoms with Crippen LogP contribution in [0.5, 0.6) is 0 Å². The first-order valence-electron chi connectivity index (χ1n) is 8.28. The Morgan fingerprint density at radius 2 is 1.58 bits per heavy atom. The number of rotatable bonds is 5. The Balaban J connectivity index is 2.20. The second kappa shape index (κ2) is 8.37. The third kappa shape index (κ3) is 4.76. The molecular formula is C19H11Cl2F3N2O4S. The normalized spacial score (nSPS) is 11.9. The van der Waals surface area contributed by atoms with Gasteiger partial charge in [0.1, 0.15) is 0 Å². The first-order chi connectivity index (χ1) is 14.4. The van der Waals surface area contributed by atoms with E-state index in [4.69, 9.17) is 28.3 Å². The minimum Gasteiger partial charge on any atom is -0.478 e. The summed E-state index contributed by atoms with van der Waals surface area (Å²) in [6.07, 6.45) is -4.26. The number of carboxylic acids is 1. The van der Waals surface area contributed by atoms with Crippen molar-refractivity contribution in [2.45, 2.75) is 11.1 Å². The van der Waals surface area contributed by atoms with Crippen molar-refractivity contribution in [3.63, 3.8) is 0 Å². The lowest BCUT2D eigenvalue weighted by Crippen LogP contribution is -2.27. The van der Waals surface area contributed by atoms with Crippen LogP contribution in [-0.2, 0) is 16.2 Å². The van der Waals surface area contributed by atoms with Crippen molar-refractivity contribution >= 4 is 50.7 Å². The van der Waals surface area contributed by atoms with Crippen LogP contribution in [0, 0.1) is 0 Å². The summed E-state index contributed by atoms with van der Waals surface area (Å²) in [5.74, 6) is -1.73. The fourth-order valence-corrected chi connectivity index (χ4v) is 4.45. The molecule has 12 heteroatoms. The van der Waals surface area contributed by atoms with Gasteiger partial charge in [-0.15, -0.1) is 0 Å². The number of pyridine rings is 1. The van der Waals surface area contributed by atoms with E-state index in [9.17, 15) is 26.4 Å². The summed E-state index contributed by atoms with van der Waals surface area (Å²) in [7, 11) is -4.46. The van der Waals surface area contributed by atoms with E-state index in [1.54, 1.807) is 0 Å². The molecule has 0 saturated carbocycles. The quantitative estimate of drug-likeness (QED) is 0.500. The molecule has 162 valence electrons. The summed E-state index contributed by atoms with van der Waals surface area (Å²) in [5.41, 5.74) is -1.30. The Bertz CT molecular complexity index is 1230. The van der Waals surface area contributed by atoms with E-state index >= 15 is 0 Å². The van der Waals surface area contributed by atoms with Crippen molar-refractivity contribution in [3.8, 4) is 0 Å². The van der Waals surface area contributed by atoms with Gasteiger partial charge in [0.15, 0.2) is 5.82 Å². The molecule has 31 heavy (non-hydrogen) atoms. The van der Waals surface area contributed by atoms with Crippen LogP contribution in [0.1, 0.15) is 15.9 Å². The van der Waals surface area contributed by atoms with Crippen molar-refractivity contribution in [1.82, 2.24) is 4.98 Å². The average Bonchev–Trinajstić information content (AvgIpc) is 2.70. The van der Waals surface area contributed by atoms with Crippen LogP contribution in [0.2, 0.25) is 10.0 Å². The maximum atomic E-state index is 13.4. The molecule has 0 bridgehead atoms. The Morgan fingerprint density at radius 3 is 2.06 bits per heavy atom. The van der Waals surface area contributed by atoms with Crippen LogP contribution >= 0.6 is 23.2 Å². The highest BCUT2D eigenvalue weighted by molar-refractivity contribution is 7.93. The minimum absolute atomic E-state index is 0.000805. The maximum Gasteiger partial charge on any atom is 0.417 e. The lowest BCUT2D eigenvalue weighted by Gasteiger charge is -2.25. The lowest BCUT2D eigenvalue weighted by atomic mass is 10.2. The number of carbonyl (C=O) groups is 1. The second-order valence-corrected chi connectivity index (χ2v) is 8.73. The number of carboxylic acid groups (broad SMARTS) is 1. The number of nitrogens with zero attached hydrogens (tertiary/aromatic N) is 2. The van der Waals surface area contributed by atoms with Gasteiger partial charge in [0, 0.05) is 11.2 Å². The smallest absolute Gasteiger partial charge is 0.417 e. The lowest BCUT2D eigenvalue weighted by molar-refractivity contribution is -0.137. The Morgan fingerprint density at radius 1 is 1.00 bits per heavy atom. The van der Waals surface area contributed by atoms with Crippen LogP contribution in [0.25, 0.3) is 0 Å². The molecule has 1 heterocycles. The van der Waals surface area contributed by atoms with Crippen molar-refractivity contribution in [3.05, 3.63) is 82.0 Å². The Kier molecular flexibility index (Phi) is 6.17. The maximum absolute atomic E-state index is 13.4.